The maximum absolute atomic E-state index is 12.9. The molecule has 0 saturated heterocycles. The highest BCUT2D eigenvalue weighted by molar-refractivity contribution is 7.47. The number of carbonyl (C=O) groups excluding carboxylic acids is 1. The highest BCUT2D eigenvalue weighted by Crippen LogP contribution is 2.43. The zero-order chi connectivity index (χ0) is 49.9. The van der Waals surface area contributed by atoms with Crippen LogP contribution >= 0.6 is 7.82 Å². The number of aliphatic hydroxyl groups excluding tert-OH is 1. The van der Waals surface area contributed by atoms with Gasteiger partial charge in [-0.1, -0.05) is 192 Å². The van der Waals surface area contributed by atoms with Gasteiger partial charge in [-0.25, -0.2) is 4.57 Å². The second kappa shape index (κ2) is 48.4. The van der Waals surface area contributed by atoms with E-state index in [-0.39, 0.29) is 19.1 Å². The zero-order valence-electron chi connectivity index (χ0n) is 43.5. The molecule has 0 radical (unpaired) electrons. The normalized spacial score (nSPS) is 15.2. The van der Waals surface area contributed by atoms with Gasteiger partial charge in [0, 0.05) is 6.42 Å². The van der Waals surface area contributed by atoms with Crippen molar-refractivity contribution >= 4 is 13.7 Å². The molecule has 3 N–H and O–H groups in total. The third kappa shape index (κ3) is 50.3. The van der Waals surface area contributed by atoms with Gasteiger partial charge in [-0.05, 0) is 116 Å². The van der Waals surface area contributed by atoms with Crippen LogP contribution in [0, 0.1) is 0 Å². The number of phosphoric acid groups is 1. The molecule has 0 aromatic heterocycles. The molecule has 0 aromatic carbocycles. The predicted molar refractivity (Wildman–Crippen MR) is 294 cm³/mol. The van der Waals surface area contributed by atoms with E-state index >= 15 is 0 Å². The Bertz CT molecular complexity index is 1610. The molecule has 0 aliphatic rings. The molecule has 0 saturated carbocycles. The molecule has 3 atom stereocenters. The van der Waals surface area contributed by atoms with Crippen molar-refractivity contribution < 1.29 is 32.9 Å². The Morgan fingerprint density at radius 2 is 0.897 bits per heavy atom. The number of quaternary nitrogens is 1. The average Bonchev–Trinajstić information content (AvgIpc) is 3.30. The number of amides is 1. The quantitative estimate of drug-likeness (QED) is 0.0243. The van der Waals surface area contributed by atoms with Crippen molar-refractivity contribution in [2.24, 2.45) is 0 Å². The summed E-state index contributed by atoms with van der Waals surface area (Å²) in [5.74, 6) is -0.219. The molecule has 0 heterocycles. The summed E-state index contributed by atoms with van der Waals surface area (Å²) in [5, 5.41) is 13.8. The zero-order valence-corrected chi connectivity index (χ0v) is 44.4. The summed E-state index contributed by atoms with van der Waals surface area (Å²) in [6.45, 7) is 4.58. The molecule has 1 amide bonds. The van der Waals surface area contributed by atoms with Crippen LogP contribution in [0.2, 0.25) is 0 Å². The Balaban J connectivity index is 4.32. The van der Waals surface area contributed by atoms with Crippen molar-refractivity contribution in [1.82, 2.24) is 5.32 Å². The molecule has 0 bridgehead atoms. The van der Waals surface area contributed by atoms with Gasteiger partial charge in [0.05, 0.1) is 39.9 Å². The lowest BCUT2D eigenvalue weighted by molar-refractivity contribution is -0.870. The maximum Gasteiger partial charge on any atom is 0.472 e. The van der Waals surface area contributed by atoms with E-state index in [0.717, 1.165) is 128 Å². The highest BCUT2D eigenvalue weighted by Gasteiger charge is 2.27. The van der Waals surface area contributed by atoms with E-state index in [9.17, 15) is 19.4 Å². The van der Waals surface area contributed by atoms with Gasteiger partial charge in [0.1, 0.15) is 13.2 Å². The molecule has 68 heavy (non-hydrogen) atoms. The van der Waals surface area contributed by atoms with Crippen molar-refractivity contribution in [2.75, 3.05) is 40.9 Å². The van der Waals surface area contributed by atoms with Crippen LogP contribution < -0.4 is 5.32 Å². The lowest BCUT2D eigenvalue weighted by atomic mass is 10.1. The van der Waals surface area contributed by atoms with Gasteiger partial charge in [0.25, 0.3) is 0 Å². The van der Waals surface area contributed by atoms with Gasteiger partial charge in [0.2, 0.25) is 5.91 Å². The Hall–Kier alpha value is -3.62. The summed E-state index contributed by atoms with van der Waals surface area (Å²) >= 11 is 0. The molecule has 9 heteroatoms. The summed E-state index contributed by atoms with van der Waals surface area (Å²) in [5.41, 5.74) is 0. The van der Waals surface area contributed by atoms with Crippen LogP contribution in [0.15, 0.2) is 146 Å². The lowest BCUT2D eigenvalue weighted by Crippen LogP contribution is -2.45. The van der Waals surface area contributed by atoms with Crippen molar-refractivity contribution in [2.45, 2.75) is 180 Å². The first-order valence-corrected chi connectivity index (χ1v) is 27.7. The molecule has 8 nitrogen and oxygen atoms in total. The number of nitrogens with one attached hydrogen (secondary N) is 1. The highest BCUT2D eigenvalue weighted by atomic mass is 31.2. The van der Waals surface area contributed by atoms with Crippen molar-refractivity contribution in [1.29, 1.82) is 0 Å². The van der Waals surface area contributed by atoms with Crippen LogP contribution in [0.25, 0.3) is 0 Å². The van der Waals surface area contributed by atoms with Gasteiger partial charge in [0.15, 0.2) is 0 Å². The van der Waals surface area contributed by atoms with Crippen molar-refractivity contribution in [3.63, 3.8) is 0 Å². The third-order valence-electron chi connectivity index (χ3n) is 10.5. The number of phosphoric ester groups is 1. The molecule has 0 spiro atoms. The lowest BCUT2D eigenvalue weighted by Gasteiger charge is -2.25. The van der Waals surface area contributed by atoms with E-state index in [1.807, 2.05) is 27.2 Å². The SMILES string of the molecule is CC/C=C\C/C=C\C/C=C\C/C=C\C/C=C\C/C=C\C/C=C\C/C=C\C/C=C\CCCCCCCC(=O)NC(COP(=O)(O)OCC[N+](C)(C)C)C(O)/C=C/CC/C=C/CC/C=C/CCCCC. The average molecular weight is 962 g/mol. The first-order valence-electron chi connectivity index (χ1n) is 26.2. The van der Waals surface area contributed by atoms with Crippen LogP contribution in [-0.4, -0.2) is 73.4 Å². The standard InChI is InChI=1S/C59H97N2O6P/c1-6-8-10-12-14-16-18-20-21-22-23-24-25-26-27-28-29-30-31-32-33-34-35-36-37-38-39-41-43-45-47-49-51-53-59(63)60-57(56-67-68(64,65)66-55-54-61(3,4)5)58(62)52-50-48-46-44-42-40-19-17-15-13-11-9-7-2/h8,10,14-17,20-21,23-24,26-27,29-30,32-33,35-36,38-39,42,44,50,52,57-58,62H,6-7,9,11-13,18-19,22,25,28,31,34,37,40-41,43,45-49,51,53-56H2,1-5H3,(H-,60,63,64,65)/p+1/b10-8-,16-14-,17-15+,21-20-,24-23-,27-26-,30-29-,33-32-,36-35-,39-38-,44-42+,52-50+. The largest absolute Gasteiger partial charge is 0.472 e. The molecule has 3 unspecified atom stereocenters. The fourth-order valence-electron chi connectivity index (χ4n) is 6.42. The monoisotopic (exact) mass is 962 g/mol. The van der Waals surface area contributed by atoms with Crippen LogP contribution in [0.3, 0.4) is 0 Å². The summed E-state index contributed by atoms with van der Waals surface area (Å²) in [7, 11) is 1.50. The number of carbonyl (C=O) groups is 1. The first-order chi connectivity index (χ1) is 33.0. The van der Waals surface area contributed by atoms with Crippen molar-refractivity contribution in [3.8, 4) is 0 Å². The van der Waals surface area contributed by atoms with E-state index in [1.165, 1.54) is 19.3 Å². The molecule has 0 aromatic rings. The minimum absolute atomic E-state index is 0.0406. The smallest absolute Gasteiger partial charge is 0.387 e. The fraction of sp³-hybridized carbons (Fsp3) is 0.576. The molecule has 0 aliphatic carbocycles. The second-order valence-corrected chi connectivity index (χ2v) is 19.6. The third-order valence-corrected chi connectivity index (χ3v) is 11.5. The van der Waals surface area contributed by atoms with Gasteiger partial charge in [-0.3, -0.25) is 13.8 Å². The van der Waals surface area contributed by atoms with Gasteiger partial charge in [-0.2, -0.15) is 0 Å². The second-order valence-electron chi connectivity index (χ2n) is 18.1. The Kier molecular flexibility index (Phi) is 45.8. The number of hydrogen-bond acceptors (Lipinski definition) is 5. The molecule has 0 fully saturated rings. The number of likely N-dealkylation sites (N-methyl/N-ethyl adjacent to an activating group) is 1. The van der Waals surface area contributed by atoms with E-state index in [4.69, 9.17) is 9.05 Å². The van der Waals surface area contributed by atoms with Gasteiger partial charge in [-0.15, -0.1) is 0 Å². The molecular formula is C59H98N2O6P+. The van der Waals surface area contributed by atoms with Gasteiger partial charge < -0.3 is 19.8 Å². The minimum atomic E-state index is -4.37. The molecule has 0 aliphatic heterocycles. The Labute approximate surface area is 417 Å². The number of unbranched alkanes of at least 4 members (excludes halogenated alkanes) is 10. The summed E-state index contributed by atoms with van der Waals surface area (Å²) in [4.78, 5) is 23.2. The predicted octanol–water partition coefficient (Wildman–Crippen LogP) is 15.7. The Morgan fingerprint density at radius 1 is 0.515 bits per heavy atom. The van der Waals surface area contributed by atoms with E-state index in [0.29, 0.717) is 17.4 Å². The molecule has 0 rings (SSSR count). The van der Waals surface area contributed by atoms with Crippen LogP contribution in [-0.2, 0) is 18.4 Å². The maximum atomic E-state index is 12.9. The van der Waals surface area contributed by atoms with E-state index < -0.39 is 20.0 Å². The van der Waals surface area contributed by atoms with Crippen LogP contribution in [0.4, 0.5) is 0 Å². The fourth-order valence-corrected chi connectivity index (χ4v) is 7.15. The molecular weight excluding hydrogens is 864 g/mol. The number of nitrogens with zero attached hydrogens (tertiary/aromatic N) is 1. The number of aliphatic hydroxyl groups is 1. The number of rotatable bonds is 45. The number of hydrogen-bond donors (Lipinski definition) is 3. The van der Waals surface area contributed by atoms with E-state index in [1.54, 1.807) is 6.08 Å². The summed E-state index contributed by atoms with van der Waals surface area (Å²) in [6.07, 6.45) is 75.1. The van der Waals surface area contributed by atoms with E-state index in [2.05, 4.69) is 153 Å². The van der Waals surface area contributed by atoms with Gasteiger partial charge >= 0.3 is 7.82 Å². The topological polar surface area (TPSA) is 105 Å². The first kappa shape index (κ1) is 64.4. The summed E-state index contributed by atoms with van der Waals surface area (Å²) < 4.78 is 23.6. The summed E-state index contributed by atoms with van der Waals surface area (Å²) in [6, 6.07) is -0.891. The molecule has 384 valence electrons. The Morgan fingerprint density at radius 3 is 1.35 bits per heavy atom. The van der Waals surface area contributed by atoms with Crippen LogP contribution in [0.5, 0.6) is 0 Å². The number of allylic oxidation sites excluding steroid dienone is 23. The minimum Gasteiger partial charge on any atom is -0.387 e. The van der Waals surface area contributed by atoms with Crippen LogP contribution in [0.1, 0.15) is 168 Å². The van der Waals surface area contributed by atoms with Crippen molar-refractivity contribution in [3.05, 3.63) is 146 Å².